The van der Waals surface area contributed by atoms with Gasteiger partial charge in [-0.15, -0.1) is 0 Å². The van der Waals surface area contributed by atoms with E-state index < -0.39 is 58.6 Å². The Bertz CT molecular complexity index is 613. The summed E-state index contributed by atoms with van der Waals surface area (Å²) < 4.78 is 9.57. The van der Waals surface area contributed by atoms with Gasteiger partial charge in [-0.2, -0.15) is 0 Å². The Balaban J connectivity index is 3.60. The number of ketones is 3. The standard InChI is InChI=1S/C15H22O10/c1-6(2)24-12(20)10(19)11-13(21,7(3)16)14(22,8(4)17)15(23,25-11)9(5)18/h6,10-11,19,21-23H,1-5H3/t10?,11-,13+,14-,15+/m1/s1. The van der Waals surface area contributed by atoms with Crippen molar-refractivity contribution in [2.45, 2.75) is 69.9 Å². The fraction of sp³-hybridized carbons (Fsp3) is 0.733. The van der Waals surface area contributed by atoms with Crippen LogP contribution in [-0.2, 0) is 28.7 Å². The van der Waals surface area contributed by atoms with E-state index in [9.17, 15) is 39.6 Å². The Labute approximate surface area is 143 Å². The minimum atomic E-state index is -3.44. The number of hydrogen-bond donors (Lipinski definition) is 4. The largest absolute Gasteiger partial charge is 0.461 e. The van der Waals surface area contributed by atoms with Gasteiger partial charge in [0.25, 0.3) is 5.79 Å². The molecule has 1 unspecified atom stereocenters. The predicted molar refractivity (Wildman–Crippen MR) is 79.0 cm³/mol. The van der Waals surface area contributed by atoms with E-state index in [1.165, 1.54) is 13.8 Å². The number of ether oxygens (including phenoxy) is 2. The minimum absolute atomic E-state index is 0.688. The first-order valence-electron chi connectivity index (χ1n) is 7.44. The molecule has 5 atom stereocenters. The van der Waals surface area contributed by atoms with Gasteiger partial charge in [-0.25, -0.2) is 4.79 Å². The van der Waals surface area contributed by atoms with Crippen LogP contribution in [0.4, 0.5) is 0 Å². The van der Waals surface area contributed by atoms with Gasteiger partial charge in [0.1, 0.15) is 6.10 Å². The van der Waals surface area contributed by atoms with Gasteiger partial charge in [0.15, 0.2) is 29.1 Å². The van der Waals surface area contributed by atoms with E-state index in [0.717, 1.165) is 13.8 Å². The molecule has 0 amide bonds. The van der Waals surface area contributed by atoms with Crippen molar-refractivity contribution in [3.63, 3.8) is 0 Å². The van der Waals surface area contributed by atoms with Crippen molar-refractivity contribution in [2.75, 3.05) is 0 Å². The van der Waals surface area contributed by atoms with Gasteiger partial charge in [-0.05, 0) is 27.7 Å². The predicted octanol–water partition coefficient (Wildman–Crippen LogP) is -2.38. The number of carbonyl (C=O) groups is 4. The number of rotatable bonds is 6. The number of carbonyl (C=O) groups excluding carboxylic acids is 4. The van der Waals surface area contributed by atoms with Gasteiger partial charge in [0, 0.05) is 6.92 Å². The molecule has 0 aromatic rings. The van der Waals surface area contributed by atoms with Crippen molar-refractivity contribution >= 4 is 23.3 Å². The van der Waals surface area contributed by atoms with Crippen LogP contribution in [-0.4, -0.2) is 79.0 Å². The van der Waals surface area contributed by atoms with Gasteiger partial charge in [0.05, 0.1) is 6.10 Å². The third-order valence-electron chi connectivity index (χ3n) is 4.15. The molecule has 4 N–H and O–H groups in total. The SMILES string of the molecule is CC(=O)[C@]1(O)[C@](O)(C(C)=O)O[C@H](C(O)C(=O)OC(C)C)[C@@]1(O)C(C)=O. The third kappa shape index (κ3) is 2.79. The second-order valence-electron chi connectivity index (χ2n) is 6.26. The van der Waals surface area contributed by atoms with Crippen LogP contribution in [0.25, 0.3) is 0 Å². The van der Waals surface area contributed by atoms with Crippen LogP contribution in [0, 0.1) is 0 Å². The molecule has 1 aliphatic rings. The fourth-order valence-electron chi connectivity index (χ4n) is 2.84. The molecule has 10 heteroatoms. The van der Waals surface area contributed by atoms with Crippen molar-refractivity contribution in [3.05, 3.63) is 0 Å². The van der Waals surface area contributed by atoms with Gasteiger partial charge >= 0.3 is 5.97 Å². The monoisotopic (exact) mass is 362 g/mol. The maximum absolute atomic E-state index is 12.0. The van der Waals surface area contributed by atoms with E-state index >= 15 is 0 Å². The summed E-state index contributed by atoms with van der Waals surface area (Å²) in [6.07, 6.45) is -5.40. The number of aliphatic hydroxyl groups excluding tert-OH is 1. The second kappa shape index (κ2) is 6.54. The average molecular weight is 362 g/mol. The zero-order chi connectivity index (χ0) is 20.0. The molecule has 0 aliphatic carbocycles. The molecule has 1 aliphatic heterocycles. The van der Waals surface area contributed by atoms with Crippen LogP contribution in [0.5, 0.6) is 0 Å². The summed E-state index contributed by atoms with van der Waals surface area (Å²) in [5, 5.41) is 41.9. The van der Waals surface area contributed by atoms with Crippen LogP contribution >= 0.6 is 0 Å². The van der Waals surface area contributed by atoms with Crippen LogP contribution in [0.3, 0.4) is 0 Å². The lowest BCUT2D eigenvalue weighted by molar-refractivity contribution is -0.251. The Kier molecular flexibility index (Phi) is 5.58. The Morgan fingerprint density at radius 2 is 1.44 bits per heavy atom. The Morgan fingerprint density at radius 3 is 1.76 bits per heavy atom. The lowest BCUT2D eigenvalue weighted by Gasteiger charge is -2.39. The molecule has 0 spiro atoms. The summed E-state index contributed by atoms with van der Waals surface area (Å²) in [5.41, 5.74) is -6.73. The molecule has 1 saturated heterocycles. The van der Waals surface area contributed by atoms with E-state index in [2.05, 4.69) is 0 Å². The van der Waals surface area contributed by atoms with Gasteiger partial charge < -0.3 is 29.9 Å². The first-order valence-corrected chi connectivity index (χ1v) is 7.44. The minimum Gasteiger partial charge on any atom is -0.461 e. The number of Topliss-reactive ketones (excluding diaryl/α,β-unsaturated/α-hetero) is 3. The number of esters is 1. The zero-order valence-corrected chi connectivity index (χ0v) is 14.5. The van der Waals surface area contributed by atoms with E-state index in [-0.39, 0.29) is 0 Å². The van der Waals surface area contributed by atoms with Crippen LogP contribution in [0.2, 0.25) is 0 Å². The summed E-state index contributed by atoms with van der Waals surface area (Å²) in [6.45, 7) is 5.07. The zero-order valence-electron chi connectivity index (χ0n) is 14.5. The summed E-state index contributed by atoms with van der Waals surface area (Å²) >= 11 is 0. The Hall–Kier alpha value is -1.72. The van der Waals surface area contributed by atoms with Crippen molar-refractivity contribution in [1.29, 1.82) is 0 Å². The van der Waals surface area contributed by atoms with E-state index in [0.29, 0.717) is 6.92 Å². The summed E-state index contributed by atoms with van der Waals surface area (Å²) in [5.74, 6) is -8.72. The van der Waals surface area contributed by atoms with E-state index in [4.69, 9.17) is 9.47 Å². The topological polar surface area (TPSA) is 168 Å². The summed E-state index contributed by atoms with van der Waals surface area (Å²) in [4.78, 5) is 47.7. The molecular weight excluding hydrogens is 340 g/mol. The highest BCUT2D eigenvalue weighted by molar-refractivity contribution is 6.05. The molecule has 0 bridgehead atoms. The molecule has 1 rings (SSSR count). The fourth-order valence-corrected chi connectivity index (χ4v) is 2.84. The normalized spacial score (nSPS) is 36.2. The molecular formula is C15H22O10. The van der Waals surface area contributed by atoms with Crippen LogP contribution in [0.1, 0.15) is 34.6 Å². The quantitative estimate of drug-likeness (QED) is 0.374. The van der Waals surface area contributed by atoms with Gasteiger partial charge in [-0.1, -0.05) is 0 Å². The number of aliphatic hydroxyl groups is 4. The highest BCUT2D eigenvalue weighted by Crippen LogP contribution is 2.48. The maximum Gasteiger partial charge on any atom is 0.338 e. The smallest absolute Gasteiger partial charge is 0.338 e. The van der Waals surface area contributed by atoms with Gasteiger partial charge in [-0.3, -0.25) is 14.4 Å². The second-order valence-corrected chi connectivity index (χ2v) is 6.26. The van der Waals surface area contributed by atoms with E-state index in [1.807, 2.05) is 0 Å². The molecule has 25 heavy (non-hydrogen) atoms. The molecule has 1 fully saturated rings. The molecule has 0 saturated carbocycles. The molecule has 0 radical (unpaired) electrons. The lowest BCUT2D eigenvalue weighted by Crippen LogP contribution is -2.73. The number of hydrogen-bond acceptors (Lipinski definition) is 10. The first kappa shape index (κ1) is 21.3. The molecule has 0 aromatic heterocycles. The first-order chi connectivity index (χ1) is 11.2. The van der Waals surface area contributed by atoms with Crippen LogP contribution < -0.4 is 0 Å². The van der Waals surface area contributed by atoms with Gasteiger partial charge in [0.2, 0.25) is 5.60 Å². The van der Waals surface area contributed by atoms with Crippen molar-refractivity contribution in [2.24, 2.45) is 0 Å². The van der Waals surface area contributed by atoms with Crippen molar-refractivity contribution in [1.82, 2.24) is 0 Å². The van der Waals surface area contributed by atoms with Crippen molar-refractivity contribution < 1.29 is 49.1 Å². The highest BCUT2D eigenvalue weighted by atomic mass is 16.7. The third-order valence-corrected chi connectivity index (χ3v) is 4.15. The molecule has 142 valence electrons. The lowest BCUT2D eigenvalue weighted by atomic mass is 9.70. The Morgan fingerprint density at radius 1 is 0.960 bits per heavy atom. The molecule has 0 aromatic carbocycles. The molecule has 10 nitrogen and oxygen atoms in total. The summed E-state index contributed by atoms with van der Waals surface area (Å²) in [7, 11) is 0. The van der Waals surface area contributed by atoms with Crippen molar-refractivity contribution in [3.8, 4) is 0 Å². The summed E-state index contributed by atoms with van der Waals surface area (Å²) in [6, 6.07) is 0. The van der Waals surface area contributed by atoms with Crippen LogP contribution in [0.15, 0.2) is 0 Å². The van der Waals surface area contributed by atoms with E-state index in [1.54, 1.807) is 0 Å². The highest BCUT2D eigenvalue weighted by Gasteiger charge is 2.81. The molecule has 1 heterocycles. The average Bonchev–Trinajstić information content (AvgIpc) is 2.67. The maximum atomic E-state index is 12.0.